The van der Waals surface area contributed by atoms with E-state index in [1.54, 1.807) is 0 Å². The fourth-order valence-corrected chi connectivity index (χ4v) is 3.14. The second-order valence-corrected chi connectivity index (χ2v) is 5.66. The normalized spacial score (nSPS) is 10.5. The Labute approximate surface area is 126 Å². The number of aryl methyl sites for hydroxylation is 1. The van der Waals surface area contributed by atoms with Gasteiger partial charge in [0, 0.05) is 8.95 Å². The van der Waals surface area contributed by atoms with Crippen molar-refractivity contribution in [2.75, 3.05) is 11.1 Å². The SMILES string of the molecule is Cc1cc(Br)c(NC(=O)Cn2cnc(N)n2)c(Br)c1. The molecule has 0 saturated carbocycles. The molecule has 0 aliphatic carbocycles. The lowest BCUT2D eigenvalue weighted by Gasteiger charge is -2.10. The molecule has 0 bridgehead atoms. The summed E-state index contributed by atoms with van der Waals surface area (Å²) in [6.45, 7) is 2.02. The van der Waals surface area contributed by atoms with Crippen molar-refractivity contribution in [3.05, 3.63) is 33.0 Å². The van der Waals surface area contributed by atoms with Crippen molar-refractivity contribution in [2.24, 2.45) is 0 Å². The lowest BCUT2D eigenvalue weighted by atomic mass is 10.2. The van der Waals surface area contributed by atoms with Crippen molar-refractivity contribution in [1.29, 1.82) is 0 Å². The van der Waals surface area contributed by atoms with E-state index in [0.29, 0.717) is 5.69 Å². The first-order chi connectivity index (χ1) is 8.95. The van der Waals surface area contributed by atoms with Crippen LogP contribution < -0.4 is 11.1 Å². The van der Waals surface area contributed by atoms with Crippen LogP contribution in [0.2, 0.25) is 0 Å². The number of nitrogens with two attached hydrogens (primary N) is 1. The number of rotatable bonds is 3. The maximum atomic E-state index is 11.9. The van der Waals surface area contributed by atoms with Crippen molar-refractivity contribution in [3.63, 3.8) is 0 Å². The molecule has 100 valence electrons. The molecule has 0 aliphatic rings. The first kappa shape index (κ1) is 14.0. The largest absolute Gasteiger partial charge is 0.367 e. The standard InChI is InChI=1S/C11H11Br2N5O/c1-6-2-7(12)10(8(13)3-6)16-9(19)4-18-5-15-11(14)17-18/h2-3,5H,4H2,1H3,(H2,14,17)(H,16,19). The number of nitrogens with one attached hydrogen (secondary N) is 1. The van der Waals surface area contributed by atoms with Crippen LogP contribution in [-0.2, 0) is 11.3 Å². The minimum Gasteiger partial charge on any atom is -0.367 e. The molecule has 6 nitrogen and oxygen atoms in total. The van der Waals surface area contributed by atoms with E-state index in [4.69, 9.17) is 5.73 Å². The number of hydrogen-bond donors (Lipinski definition) is 2. The zero-order valence-corrected chi connectivity index (χ0v) is 13.2. The van der Waals surface area contributed by atoms with Gasteiger partial charge in [0.25, 0.3) is 0 Å². The van der Waals surface area contributed by atoms with Crippen LogP contribution in [-0.4, -0.2) is 20.7 Å². The minimum absolute atomic E-state index is 0.0525. The summed E-state index contributed by atoms with van der Waals surface area (Å²) in [7, 11) is 0. The highest BCUT2D eigenvalue weighted by atomic mass is 79.9. The summed E-state index contributed by atoms with van der Waals surface area (Å²) < 4.78 is 3.00. The number of nitrogens with zero attached hydrogens (tertiary/aromatic N) is 3. The molecular formula is C11H11Br2N5O. The Kier molecular flexibility index (Phi) is 4.20. The van der Waals surface area contributed by atoms with Gasteiger partial charge >= 0.3 is 0 Å². The Balaban J connectivity index is 2.11. The zero-order chi connectivity index (χ0) is 14.0. The molecule has 1 aromatic carbocycles. The van der Waals surface area contributed by atoms with E-state index in [-0.39, 0.29) is 18.4 Å². The molecule has 2 aromatic rings. The van der Waals surface area contributed by atoms with Crippen LogP contribution >= 0.6 is 31.9 Å². The molecule has 0 spiro atoms. The van der Waals surface area contributed by atoms with Crippen LogP contribution in [0.5, 0.6) is 0 Å². The third-order valence-corrected chi connectivity index (χ3v) is 3.56. The fourth-order valence-electron chi connectivity index (χ4n) is 1.53. The van der Waals surface area contributed by atoms with E-state index < -0.39 is 0 Å². The first-order valence-corrected chi connectivity index (χ1v) is 6.94. The molecule has 0 unspecified atom stereocenters. The summed E-state index contributed by atoms with van der Waals surface area (Å²) in [6, 6.07) is 3.85. The van der Waals surface area contributed by atoms with E-state index in [9.17, 15) is 4.79 Å². The number of amides is 1. The smallest absolute Gasteiger partial charge is 0.246 e. The average Bonchev–Trinajstić information content (AvgIpc) is 2.69. The highest BCUT2D eigenvalue weighted by Crippen LogP contribution is 2.32. The molecule has 3 N–H and O–H groups in total. The monoisotopic (exact) mass is 387 g/mol. The number of nitrogen functional groups attached to an aromatic ring is 1. The van der Waals surface area contributed by atoms with Gasteiger partial charge in [0.2, 0.25) is 11.9 Å². The summed E-state index contributed by atoms with van der Waals surface area (Å²) >= 11 is 6.83. The number of benzene rings is 1. The Bertz CT molecular complexity index is 602. The van der Waals surface area contributed by atoms with Crippen molar-refractivity contribution >= 4 is 49.4 Å². The molecule has 0 saturated heterocycles. The van der Waals surface area contributed by atoms with E-state index in [1.807, 2.05) is 19.1 Å². The van der Waals surface area contributed by atoms with Crippen LogP contribution in [0.1, 0.15) is 5.56 Å². The number of anilines is 2. The van der Waals surface area contributed by atoms with Gasteiger partial charge < -0.3 is 11.1 Å². The Morgan fingerprint density at radius 2 is 2.05 bits per heavy atom. The van der Waals surface area contributed by atoms with Crippen molar-refractivity contribution in [2.45, 2.75) is 13.5 Å². The van der Waals surface area contributed by atoms with E-state index in [1.165, 1.54) is 11.0 Å². The highest BCUT2D eigenvalue weighted by Gasteiger charge is 2.11. The minimum atomic E-state index is -0.213. The molecule has 1 amide bonds. The first-order valence-electron chi connectivity index (χ1n) is 5.36. The number of halogens is 2. The number of carbonyl (C=O) groups is 1. The fraction of sp³-hybridized carbons (Fsp3) is 0.182. The lowest BCUT2D eigenvalue weighted by Crippen LogP contribution is -2.19. The summed E-state index contributed by atoms with van der Waals surface area (Å²) in [5, 5.41) is 6.65. The molecule has 0 fully saturated rings. The van der Waals surface area contributed by atoms with Gasteiger partial charge in [0.05, 0.1) is 5.69 Å². The summed E-state index contributed by atoms with van der Waals surface area (Å²) in [5.41, 5.74) is 7.15. The van der Waals surface area contributed by atoms with Gasteiger partial charge in [0.15, 0.2) is 0 Å². The van der Waals surface area contributed by atoms with Crippen LogP contribution in [0.3, 0.4) is 0 Å². The molecule has 19 heavy (non-hydrogen) atoms. The molecule has 1 aromatic heterocycles. The van der Waals surface area contributed by atoms with Gasteiger partial charge in [-0.05, 0) is 56.5 Å². The quantitative estimate of drug-likeness (QED) is 0.844. The third-order valence-electron chi connectivity index (χ3n) is 2.31. The van der Waals surface area contributed by atoms with Crippen molar-refractivity contribution in [3.8, 4) is 0 Å². The zero-order valence-electron chi connectivity index (χ0n) is 10.0. The number of hydrogen-bond acceptors (Lipinski definition) is 4. The highest BCUT2D eigenvalue weighted by molar-refractivity contribution is 9.11. The van der Waals surface area contributed by atoms with Crippen molar-refractivity contribution in [1.82, 2.24) is 14.8 Å². The Hall–Kier alpha value is -1.41. The second kappa shape index (κ2) is 5.70. The van der Waals surface area contributed by atoms with Gasteiger partial charge in [0.1, 0.15) is 12.9 Å². The third kappa shape index (κ3) is 3.54. The molecule has 0 aliphatic heterocycles. The molecular weight excluding hydrogens is 378 g/mol. The van der Waals surface area contributed by atoms with Gasteiger partial charge in [-0.15, -0.1) is 5.10 Å². The summed E-state index contributed by atoms with van der Waals surface area (Å²) in [4.78, 5) is 15.7. The maximum Gasteiger partial charge on any atom is 0.246 e. The van der Waals surface area contributed by atoms with E-state index in [2.05, 4.69) is 47.3 Å². The molecule has 0 radical (unpaired) electrons. The average molecular weight is 389 g/mol. The summed E-state index contributed by atoms with van der Waals surface area (Å²) in [6.07, 6.45) is 1.41. The Morgan fingerprint density at radius 3 is 2.58 bits per heavy atom. The van der Waals surface area contributed by atoms with Gasteiger partial charge in [-0.1, -0.05) is 0 Å². The van der Waals surface area contributed by atoms with E-state index in [0.717, 1.165) is 14.5 Å². The second-order valence-electron chi connectivity index (χ2n) is 3.95. The molecule has 8 heteroatoms. The predicted molar refractivity (Wildman–Crippen MR) is 79.6 cm³/mol. The van der Waals surface area contributed by atoms with Crippen LogP contribution in [0.25, 0.3) is 0 Å². The molecule has 2 rings (SSSR count). The molecule has 0 atom stereocenters. The number of aromatic nitrogens is 3. The van der Waals surface area contributed by atoms with Gasteiger partial charge in [-0.3, -0.25) is 4.79 Å². The maximum absolute atomic E-state index is 11.9. The topological polar surface area (TPSA) is 85.8 Å². The van der Waals surface area contributed by atoms with Crippen molar-refractivity contribution < 1.29 is 4.79 Å². The molecule has 1 heterocycles. The van der Waals surface area contributed by atoms with Gasteiger partial charge in [-0.2, -0.15) is 0 Å². The van der Waals surface area contributed by atoms with E-state index >= 15 is 0 Å². The predicted octanol–water partition coefficient (Wildman–Crippen LogP) is 2.33. The van der Waals surface area contributed by atoms with Gasteiger partial charge in [-0.25, -0.2) is 9.67 Å². The van der Waals surface area contributed by atoms with Crippen LogP contribution in [0.15, 0.2) is 27.4 Å². The van der Waals surface area contributed by atoms with Crippen LogP contribution in [0.4, 0.5) is 11.6 Å². The summed E-state index contributed by atoms with van der Waals surface area (Å²) in [5.74, 6) is -0.0688. The van der Waals surface area contributed by atoms with Crippen LogP contribution in [0, 0.1) is 6.92 Å². The lowest BCUT2D eigenvalue weighted by molar-refractivity contribution is -0.116. The number of carbonyl (C=O) groups excluding carboxylic acids is 1. The Morgan fingerprint density at radius 1 is 1.42 bits per heavy atom.